The molecular weight excluding hydrogens is 248 g/mol. The van der Waals surface area contributed by atoms with Gasteiger partial charge in [0.2, 0.25) is 0 Å². The number of allylic oxidation sites excluding steroid dienone is 1. The van der Waals surface area contributed by atoms with Crippen LogP contribution in [0.1, 0.15) is 11.1 Å². The summed E-state index contributed by atoms with van der Waals surface area (Å²) in [7, 11) is 1.67. The normalized spacial score (nSPS) is 11.1. The Kier molecular flexibility index (Phi) is 5.40. The molecule has 0 heterocycles. The van der Waals surface area contributed by atoms with Crippen molar-refractivity contribution >= 4 is 12.3 Å². The van der Waals surface area contributed by atoms with Crippen molar-refractivity contribution in [1.82, 2.24) is 5.43 Å². The Morgan fingerprint density at radius 2 is 1.80 bits per heavy atom. The molecule has 3 nitrogen and oxygen atoms in total. The zero-order valence-corrected chi connectivity index (χ0v) is 11.5. The maximum absolute atomic E-state index is 5.28. The summed E-state index contributed by atoms with van der Waals surface area (Å²) >= 11 is 0. The summed E-state index contributed by atoms with van der Waals surface area (Å²) in [5.74, 6) is 0.870. The predicted octanol–water partition coefficient (Wildman–Crippen LogP) is 3.48. The Labute approximate surface area is 119 Å². The molecule has 0 saturated carbocycles. The molecule has 0 aromatic heterocycles. The Hall–Kier alpha value is -2.55. The van der Waals surface area contributed by atoms with Gasteiger partial charge in [-0.25, -0.2) is 0 Å². The van der Waals surface area contributed by atoms with Crippen LogP contribution in [-0.2, 0) is 6.54 Å². The highest BCUT2D eigenvalue weighted by molar-refractivity contribution is 5.77. The summed E-state index contributed by atoms with van der Waals surface area (Å²) in [6, 6.07) is 18.0. The maximum Gasteiger partial charge on any atom is 0.123 e. The number of rotatable bonds is 6. The van der Waals surface area contributed by atoms with Crippen molar-refractivity contribution in [3.05, 3.63) is 71.8 Å². The fraction of sp³-hybridized carbons (Fsp3) is 0.118. The number of methoxy groups -OCH3 is 1. The van der Waals surface area contributed by atoms with E-state index in [4.69, 9.17) is 4.74 Å². The Morgan fingerprint density at radius 1 is 1.05 bits per heavy atom. The second-order valence-corrected chi connectivity index (χ2v) is 4.19. The third kappa shape index (κ3) is 4.28. The van der Waals surface area contributed by atoms with E-state index in [0.717, 1.165) is 16.9 Å². The van der Waals surface area contributed by atoms with Gasteiger partial charge in [0, 0.05) is 11.8 Å². The van der Waals surface area contributed by atoms with Crippen LogP contribution in [-0.4, -0.2) is 13.3 Å². The van der Waals surface area contributed by atoms with Crippen LogP contribution < -0.4 is 10.2 Å². The van der Waals surface area contributed by atoms with Gasteiger partial charge < -0.3 is 10.2 Å². The number of benzene rings is 2. The first-order valence-corrected chi connectivity index (χ1v) is 6.49. The summed E-state index contributed by atoms with van der Waals surface area (Å²) in [4.78, 5) is 0. The zero-order valence-electron chi connectivity index (χ0n) is 11.5. The third-order valence-corrected chi connectivity index (χ3v) is 2.80. The molecule has 0 unspecified atom stereocenters. The highest BCUT2D eigenvalue weighted by Gasteiger charge is 1.98. The molecule has 0 saturated heterocycles. The highest BCUT2D eigenvalue weighted by atomic mass is 16.5. The van der Waals surface area contributed by atoms with Gasteiger partial charge in [-0.05, 0) is 17.7 Å². The summed E-state index contributed by atoms with van der Waals surface area (Å²) in [6.45, 7) is 0.639. The summed E-state index contributed by atoms with van der Waals surface area (Å²) in [5.41, 5.74) is 5.24. The van der Waals surface area contributed by atoms with E-state index in [0.29, 0.717) is 6.54 Å². The van der Waals surface area contributed by atoms with Crippen molar-refractivity contribution in [2.75, 3.05) is 7.11 Å². The number of para-hydroxylation sites is 1. The lowest BCUT2D eigenvalue weighted by molar-refractivity contribution is 0.408. The largest absolute Gasteiger partial charge is 0.496 e. The van der Waals surface area contributed by atoms with E-state index in [1.165, 1.54) is 0 Å². The smallest absolute Gasteiger partial charge is 0.123 e. The van der Waals surface area contributed by atoms with Gasteiger partial charge in [0.05, 0.1) is 13.7 Å². The van der Waals surface area contributed by atoms with Crippen molar-refractivity contribution in [2.24, 2.45) is 5.10 Å². The fourth-order valence-electron chi connectivity index (χ4n) is 1.79. The van der Waals surface area contributed by atoms with E-state index in [1.54, 1.807) is 13.3 Å². The average molecular weight is 266 g/mol. The van der Waals surface area contributed by atoms with Gasteiger partial charge in [-0.15, -0.1) is 0 Å². The van der Waals surface area contributed by atoms with Gasteiger partial charge in [-0.3, -0.25) is 0 Å². The van der Waals surface area contributed by atoms with E-state index < -0.39 is 0 Å². The maximum atomic E-state index is 5.28. The molecule has 0 fully saturated rings. The Balaban J connectivity index is 1.81. The first-order chi connectivity index (χ1) is 9.90. The van der Waals surface area contributed by atoms with Gasteiger partial charge in [0.1, 0.15) is 5.75 Å². The Bertz CT molecular complexity index is 577. The highest BCUT2D eigenvalue weighted by Crippen LogP contribution is 2.16. The molecule has 20 heavy (non-hydrogen) atoms. The minimum absolute atomic E-state index is 0.639. The van der Waals surface area contributed by atoms with Crippen LogP contribution in [0, 0.1) is 0 Å². The number of ether oxygens (including phenoxy) is 1. The van der Waals surface area contributed by atoms with Crippen LogP contribution in [0.15, 0.2) is 65.8 Å². The first kappa shape index (κ1) is 13.9. The fourth-order valence-corrected chi connectivity index (χ4v) is 1.79. The second-order valence-electron chi connectivity index (χ2n) is 4.19. The number of hydrogen-bond acceptors (Lipinski definition) is 3. The van der Waals surface area contributed by atoms with Gasteiger partial charge in [-0.2, -0.15) is 5.10 Å². The van der Waals surface area contributed by atoms with Crippen LogP contribution in [0.3, 0.4) is 0 Å². The number of hydrogen-bond donors (Lipinski definition) is 1. The van der Waals surface area contributed by atoms with Crippen molar-refractivity contribution in [1.29, 1.82) is 0 Å². The lowest BCUT2D eigenvalue weighted by Gasteiger charge is -2.06. The van der Waals surface area contributed by atoms with Crippen LogP contribution in [0.2, 0.25) is 0 Å². The molecule has 0 aliphatic rings. The third-order valence-electron chi connectivity index (χ3n) is 2.80. The van der Waals surface area contributed by atoms with Gasteiger partial charge in [-0.1, -0.05) is 54.6 Å². The first-order valence-electron chi connectivity index (χ1n) is 6.49. The van der Waals surface area contributed by atoms with E-state index in [-0.39, 0.29) is 0 Å². The van der Waals surface area contributed by atoms with E-state index >= 15 is 0 Å². The molecule has 0 bridgehead atoms. The Morgan fingerprint density at radius 3 is 2.60 bits per heavy atom. The lowest BCUT2D eigenvalue weighted by Crippen LogP contribution is -2.06. The topological polar surface area (TPSA) is 33.6 Å². The predicted molar refractivity (Wildman–Crippen MR) is 83.8 cm³/mol. The average Bonchev–Trinajstić information content (AvgIpc) is 2.52. The summed E-state index contributed by atoms with van der Waals surface area (Å²) in [5, 5.41) is 4.14. The number of nitrogens with one attached hydrogen (secondary N) is 1. The molecular formula is C17H18N2O. The molecule has 0 atom stereocenters. The summed E-state index contributed by atoms with van der Waals surface area (Å²) in [6.07, 6.45) is 5.65. The lowest BCUT2D eigenvalue weighted by atomic mass is 10.2. The number of nitrogens with zero attached hydrogens (tertiary/aromatic N) is 1. The van der Waals surface area contributed by atoms with Crippen LogP contribution in [0.4, 0.5) is 0 Å². The molecule has 102 valence electrons. The molecule has 0 amide bonds. The van der Waals surface area contributed by atoms with Crippen LogP contribution >= 0.6 is 0 Å². The van der Waals surface area contributed by atoms with E-state index in [1.807, 2.05) is 66.7 Å². The zero-order chi connectivity index (χ0) is 14.0. The molecule has 0 aliphatic carbocycles. The number of hydrazone groups is 1. The molecule has 0 spiro atoms. The van der Waals surface area contributed by atoms with Gasteiger partial charge in [0.25, 0.3) is 0 Å². The van der Waals surface area contributed by atoms with Crippen molar-refractivity contribution in [3.63, 3.8) is 0 Å². The minimum Gasteiger partial charge on any atom is -0.496 e. The van der Waals surface area contributed by atoms with E-state index in [2.05, 4.69) is 10.5 Å². The van der Waals surface area contributed by atoms with Gasteiger partial charge in [0.15, 0.2) is 0 Å². The summed E-state index contributed by atoms with van der Waals surface area (Å²) < 4.78 is 5.28. The second kappa shape index (κ2) is 7.79. The molecule has 2 aromatic carbocycles. The van der Waals surface area contributed by atoms with Crippen molar-refractivity contribution in [3.8, 4) is 5.75 Å². The van der Waals surface area contributed by atoms with Crippen LogP contribution in [0.25, 0.3) is 6.08 Å². The minimum atomic E-state index is 0.639. The SMILES string of the molecule is COc1ccccc1CN/N=C/C=C/c1ccccc1. The molecule has 0 aliphatic heterocycles. The standard InChI is InChI=1S/C17H18N2O/c1-20-17-12-6-5-11-16(17)14-19-18-13-7-10-15-8-3-2-4-9-15/h2-13,19H,14H2,1H3/b10-7+,18-13+. The molecule has 2 rings (SSSR count). The van der Waals surface area contributed by atoms with E-state index in [9.17, 15) is 0 Å². The molecule has 3 heteroatoms. The van der Waals surface area contributed by atoms with Crippen molar-refractivity contribution in [2.45, 2.75) is 6.54 Å². The van der Waals surface area contributed by atoms with Crippen molar-refractivity contribution < 1.29 is 4.74 Å². The van der Waals surface area contributed by atoms with Gasteiger partial charge >= 0.3 is 0 Å². The van der Waals surface area contributed by atoms with Crippen LogP contribution in [0.5, 0.6) is 5.75 Å². The molecule has 0 radical (unpaired) electrons. The monoisotopic (exact) mass is 266 g/mol. The molecule has 2 aromatic rings. The quantitative estimate of drug-likeness (QED) is 0.641. The molecule has 1 N–H and O–H groups in total.